The van der Waals surface area contributed by atoms with Crippen LogP contribution in [0.15, 0.2) is 24.3 Å². The number of alkyl halides is 3. The minimum Gasteiger partial charge on any atom is -0.308 e. The van der Waals surface area contributed by atoms with E-state index in [0.29, 0.717) is 18.7 Å². The molecule has 0 radical (unpaired) electrons. The van der Waals surface area contributed by atoms with Gasteiger partial charge >= 0.3 is 6.18 Å². The van der Waals surface area contributed by atoms with E-state index in [1.807, 2.05) is 0 Å². The van der Waals surface area contributed by atoms with Gasteiger partial charge in [-0.05, 0) is 30.7 Å². The molecule has 1 atom stereocenters. The molecule has 17 heavy (non-hydrogen) atoms. The predicted octanol–water partition coefficient (Wildman–Crippen LogP) is 1.99. The Morgan fingerprint density at radius 3 is 2.41 bits per heavy atom. The van der Waals surface area contributed by atoms with Crippen LogP contribution in [0.2, 0.25) is 0 Å². The fraction of sp³-hybridized carbons (Fsp3) is 0.364. The van der Waals surface area contributed by atoms with E-state index in [1.165, 1.54) is 12.1 Å². The zero-order valence-electron chi connectivity index (χ0n) is 8.87. The van der Waals surface area contributed by atoms with Crippen LogP contribution in [-0.2, 0) is 11.0 Å². The van der Waals surface area contributed by atoms with Gasteiger partial charge in [-0.25, -0.2) is 5.43 Å². The standard InChI is InChI=1S/C11H11F3N2O/c12-11(13,14)8-1-3-10(4-2-8)16-6-5-9(7-17)15-16/h1-4,7,9,15H,5-6H2. The SMILES string of the molecule is O=CC1CCN(c2ccc(C(F)(F)F)cc2)N1. The number of hydrazine groups is 1. The zero-order chi connectivity index (χ0) is 12.5. The number of carbonyl (C=O) groups excluding carboxylic acids is 1. The van der Waals surface area contributed by atoms with Gasteiger partial charge in [0, 0.05) is 6.54 Å². The van der Waals surface area contributed by atoms with Crippen LogP contribution in [0.25, 0.3) is 0 Å². The van der Waals surface area contributed by atoms with Gasteiger partial charge in [-0.2, -0.15) is 13.2 Å². The second-order valence-corrected chi connectivity index (χ2v) is 3.86. The lowest BCUT2D eigenvalue weighted by atomic mass is 10.2. The summed E-state index contributed by atoms with van der Waals surface area (Å²) in [6.45, 7) is 0.606. The maximum absolute atomic E-state index is 12.3. The van der Waals surface area contributed by atoms with Crippen molar-refractivity contribution in [2.24, 2.45) is 0 Å². The molecule has 0 spiro atoms. The number of rotatable bonds is 2. The number of carbonyl (C=O) groups is 1. The third-order valence-electron chi connectivity index (χ3n) is 2.66. The fourth-order valence-corrected chi connectivity index (χ4v) is 1.73. The molecule has 1 unspecified atom stereocenters. The maximum Gasteiger partial charge on any atom is 0.416 e. The number of aldehydes is 1. The van der Waals surface area contributed by atoms with Gasteiger partial charge in [0.15, 0.2) is 0 Å². The second-order valence-electron chi connectivity index (χ2n) is 3.86. The first-order valence-corrected chi connectivity index (χ1v) is 5.17. The van der Waals surface area contributed by atoms with Crippen LogP contribution in [0.3, 0.4) is 0 Å². The lowest BCUT2D eigenvalue weighted by Crippen LogP contribution is -2.36. The lowest BCUT2D eigenvalue weighted by molar-refractivity contribution is -0.137. The van der Waals surface area contributed by atoms with Crippen molar-refractivity contribution in [1.29, 1.82) is 0 Å². The van der Waals surface area contributed by atoms with Crippen LogP contribution in [0.5, 0.6) is 0 Å². The van der Waals surface area contributed by atoms with Crippen molar-refractivity contribution in [2.75, 3.05) is 11.6 Å². The van der Waals surface area contributed by atoms with Crippen molar-refractivity contribution < 1.29 is 18.0 Å². The molecule has 1 heterocycles. The molecule has 6 heteroatoms. The van der Waals surface area contributed by atoms with E-state index >= 15 is 0 Å². The van der Waals surface area contributed by atoms with Gasteiger partial charge in [-0.15, -0.1) is 0 Å². The molecule has 2 rings (SSSR count). The summed E-state index contributed by atoms with van der Waals surface area (Å²) in [5.41, 5.74) is 2.85. The number of hydrogen-bond donors (Lipinski definition) is 1. The molecule has 1 aromatic carbocycles. The highest BCUT2D eigenvalue weighted by molar-refractivity contribution is 5.60. The minimum atomic E-state index is -4.32. The van der Waals surface area contributed by atoms with Crippen molar-refractivity contribution in [3.63, 3.8) is 0 Å². The zero-order valence-corrected chi connectivity index (χ0v) is 8.87. The largest absolute Gasteiger partial charge is 0.416 e. The van der Waals surface area contributed by atoms with E-state index in [-0.39, 0.29) is 6.04 Å². The number of nitrogens with zero attached hydrogens (tertiary/aromatic N) is 1. The van der Waals surface area contributed by atoms with Crippen LogP contribution in [0.4, 0.5) is 18.9 Å². The second kappa shape index (κ2) is 4.37. The van der Waals surface area contributed by atoms with E-state index in [4.69, 9.17) is 0 Å². The van der Waals surface area contributed by atoms with Gasteiger partial charge < -0.3 is 9.80 Å². The van der Waals surface area contributed by atoms with E-state index in [1.54, 1.807) is 5.01 Å². The number of hydrogen-bond acceptors (Lipinski definition) is 3. The van der Waals surface area contributed by atoms with Gasteiger partial charge in [-0.3, -0.25) is 0 Å². The van der Waals surface area contributed by atoms with Crippen molar-refractivity contribution in [1.82, 2.24) is 5.43 Å². The first kappa shape index (κ1) is 11.9. The molecular formula is C11H11F3N2O. The Labute approximate surface area is 96.2 Å². The number of anilines is 1. The van der Waals surface area contributed by atoms with Crippen molar-refractivity contribution >= 4 is 12.0 Å². The highest BCUT2D eigenvalue weighted by atomic mass is 19.4. The Morgan fingerprint density at radius 2 is 1.94 bits per heavy atom. The van der Waals surface area contributed by atoms with E-state index in [9.17, 15) is 18.0 Å². The first-order valence-electron chi connectivity index (χ1n) is 5.17. The van der Waals surface area contributed by atoms with E-state index in [0.717, 1.165) is 18.4 Å². The Morgan fingerprint density at radius 1 is 1.29 bits per heavy atom. The summed E-state index contributed by atoms with van der Waals surface area (Å²) >= 11 is 0. The summed E-state index contributed by atoms with van der Waals surface area (Å²) < 4.78 is 37.0. The van der Waals surface area contributed by atoms with Crippen LogP contribution in [0.1, 0.15) is 12.0 Å². The molecule has 1 aliphatic heterocycles. The molecular weight excluding hydrogens is 233 g/mol. The molecule has 0 aromatic heterocycles. The molecule has 1 aliphatic rings. The molecule has 1 N–H and O–H groups in total. The van der Waals surface area contributed by atoms with Crippen molar-refractivity contribution in [3.8, 4) is 0 Å². The first-order chi connectivity index (χ1) is 8.00. The van der Waals surface area contributed by atoms with Crippen LogP contribution < -0.4 is 10.4 Å². The summed E-state index contributed by atoms with van der Waals surface area (Å²) in [5.74, 6) is 0. The minimum absolute atomic E-state index is 0.253. The van der Waals surface area contributed by atoms with Gasteiger partial charge in [0.05, 0.1) is 17.3 Å². The molecule has 0 amide bonds. The number of halogens is 3. The summed E-state index contributed by atoms with van der Waals surface area (Å²) in [7, 11) is 0. The molecule has 1 saturated heterocycles. The Balaban J connectivity index is 2.11. The fourth-order valence-electron chi connectivity index (χ4n) is 1.73. The molecule has 1 aromatic rings. The van der Waals surface area contributed by atoms with Gasteiger partial charge in [-0.1, -0.05) is 0 Å². The Kier molecular flexibility index (Phi) is 3.06. The molecule has 0 saturated carbocycles. The highest BCUT2D eigenvalue weighted by Crippen LogP contribution is 2.30. The lowest BCUT2D eigenvalue weighted by Gasteiger charge is -2.19. The summed E-state index contributed by atoms with van der Waals surface area (Å²) in [4.78, 5) is 10.5. The van der Waals surface area contributed by atoms with E-state index < -0.39 is 11.7 Å². The van der Waals surface area contributed by atoms with Crippen molar-refractivity contribution in [3.05, 3.63) is 29.8 Å². The normalized spacial score (nSPS) is 20.6. The third kappa shape index (κ3) is 2.58. The Hall–Kier alpha value is -1.56. The van der Waals surface area contributed by atoms with Crippen LogP contribution >= 0.6 is 0 Å². The maximum atomic E-state index is 12.3. The quantitative estimate of drug-likeness (QED) is 0.807. The topological polar surface area (TPSA) is 32.3 Å². The Bertz CT molecular complexity index is 402. The summed E-state index contributed by atoms with van der Waals surface area (Å²) in [6, 6.07) is 4.60. The average molecular weight is 244 g/mol. The smallest absolute Gasteiger partial charge is 0.308 e. The van der Waals surface area contributed by atoms with Gasteiger partial charge in [0.1, 0.15) is 6.29 Å². The molecule has 0 bridgehead atoms. The predicted molar refractivity (Wildman–Crippen MR) is 56.4 cm³/mol. The molecule has 3 nitrogen and oxygen atoms in total. The number of nitrogens with one attached hydrogen (secondary N) is 1. The van der Waals surface area contributed by atoms with Gasteiger partial charge in [0.25, 0.3) is 0 Å². The van der Waals surface area contributed by atoms with Crippen LogP contribution in [-0.4, -0.2) is 18.9 Å². The van der Waals surface area contributed by atoms with E-state index in [2.05, 4.69) is 5.43 Å². The van der Waals surface area contributed by atoms with Crippen LogP contribution in [0, 0.1) is 0 Å². The average Bonchev–Trinajstić information content (AvgIpc) is 2.76. The summed E-state index contributed by atoms with van der Waals surface area (Å²) in [6.07, 6.45) is -2.86. The molecule has 0 aliphatic carbocycles. The monoisotopic (exact) mass is 244 g/mol. The third-order valence-corrected chi connectivity index (χ3v) is 2.66. The molecule has 92 valence electrons. The molecule has 1 fully saturated rings. The highest BCUT2D eigenvalue weighted by Gasteiger charge is 2.30. The van der Waals surface area contributed by atoms with Crippen molar-refractivity contribution in [2.45, 2.75) is 18.6 Å². The number of benzene rings is 1. The summed E-state index contributed by atoms with van der Waals surface area (Å²) in [5, 5.41) is 1.68. The van der Waals surface area contributed by atoms with Gasteiger partial charge in [0.2, 0.25) is 0 Å².